The monoisotopic (exact) mass is 293 g/mol. The maximum absolute atomic E-state index is 12.2. The molecule has 118 valence electrons. The summed E-state index contributed by atoms with van der Waals surface area (Å²) >= 11 is 0. The van der Waals surface area contributed by atoms with E-state index in [2.05, 4.69) is 32.4 Å². The second kappa shape index (κ2) is 7.04. The summed E-state index contributed by atoms with van der Waals surface area (Å²) in [6.45, 7) is 10.5. The van der Waals surface area contributed by atoms with Crippen molar-refractivity contribution >= 4 is 5.91 Å². The molecule has 21 heavy (non-hydrogen) atoms. The Labute approximate surface area is 126 Å². The maximum atomic E-state index is 12.2. The number of hydrogen-bond acceptors (Lipinski definition) is 4. The van der Waals surface area contributed by atoms with Crippen LogP contribution in [0.1, 0.15) is 36.3 Å². The van der Waals surface area contributed by atoms with E-state index in [9.17, 15) is 4.79 Å². The van der Waals surface area contributed by atoms with Crippen molar-refractivity contribution in [3.8, 4) is 0 Å². The van der Waals surface area contributed by atoms with E-state index in [0.717, 1.165) is 49.6 Å². The number of hydrogen-bond donors (Lipinski definition) is 2. The predicted molar refractivity (Wildman–Crippen MR) is 83.2 cm³/mol. The van der Waals surface area contributed by atoms with Crippen LogP contribution in [0.2, 0.25) is 0 Å². The highest BCUT2D eigenvalue weighted by Gasteiger charge is 2.19. The van der Waals surface area contributed by atoms with E-state index in [-0.39, 0.29) is 11.9 Å². The summed E-state index contributed by atoms with van der Waals surface area (Å²) in [4.78, 5) is 16.8. The molecule has 1 aliphatic heterocycles. The summed E-state index contributed by atoms with van der Waals surface area (Å²) < 4.78 is 0. The predicted octanol–water partition coefficient (Wildman–Crippen LogP) is 0.841. The Kier molecular flexibility index (Phi) is 5.36. The lowest BCUT2D eigenvalue weighted by Gasteiger charge is -2.21. The van der Waals surface area contributed by atoms with Crippen molar-refractivity contribution < 1.29 is 4.79 Å². The molecule has 0 bridgehead atoms. The minimum atomic E-state index is -0.00842. The van der Waals surface area contributed by atoms with Crippen LogP contribution < -0.4 is 5.32 Å². The lowest BCUT2D eigenvalue weighted by molar-refractivity contribution is -0.122. The van der Waals surface area contributed by atoms with E-state index in [1.807, 2.05) is 20.8 Å². The third kappa shape index (κ3) is 4.28. The number of nitrogens with one attached hydrogen (secondary N) is 2. The molecule has 0 spiro atoms. The number of aromatic amines is 1. The fourth-order valence-corrected chi connectivity index (χ4v) is 3.02. The Hall–Kier alpha value is -1.40. The molecule has 2 rings (SSSR count). The first-order chi connectivity index (χ1) is 9.97. The highest BCUT2D eigenvalue weighted by atomic mass is 16.2. The number of aryl methyl sites for hydroxylation is 2. The zero-order chi connectivity index (χ0) is 15.4. The molecule has 2 N–H and O–H groups in total. The molecular formula is C15H27N5O. The average Bonchev–Trinajstić information content (AvgIpc) is 2.61. The molecule has 1 saturated heterocycles. The molecule has 1 amide bonds. The van der Waals surface area contributed by atoms with Gasteiger partial charge in [-0.2, -0.15) is 5.10 Å². The summed E-state index contributed by atoms with van der Waals surface area (Å²) in [6, 6.07) is -0.00842. The molecule has 0 unspecified atom stereocenters. The van der Waals surface area contributed by atoms with Crippen molar-refractivity contribution in [3.63, 3.8) is 0 Å². The molecule has 1 atom stereocenters. The van der Waals surface area contributed by atoms with Gasteiger partial charge in [0.25, 0.3) is 0 Å². The molecule has 1 aromatic rings. The standard InChI is InChI=1S/C15H27N5O/c1-11(15-12(2)17-18-13(15)3)16-14(21)10-20-7-5-6-19(4)8-9-20/h11H,5-10H2,1-4H3,(H,16,21)(H,17,18)/t11-/m0/s1. The largest absolute Gasteiger partial charge is 0.348 e. The molecule has 1 aromatic heterocycles. The zero-order valence-electron chi connectivity index (χ0n) is 13.6. The molecular weight excluding hydrogens is 266 g/mol. The molecule has 0 aliphatic carbocycles. The van der Waals surface area contributed by atoms with Crippen molar-refractivity contribution in [1.82, 2.24) is 25.3 Å². The van der Waals surface area contributed by atoms with Gasteiger partial charge in [-0.3, -0.25) is 14.8 Å². The molecule has 2 heterocycles. The van der Waals surface area contributed by atoms with Crippen LogP contribution in [-0.4, -0.2) is 65.7 Å². The smallest absolute Gasteiger partial charge is 0.234 e. The normalized spacial score (nSPS) is 19.2. The number of carbonyl (C=O) groups excluding carboxylic acids is 1. The minimum Gasteiger partial charge on any atom is -0.348 e. The van der Waals surface area contributed by atoms with E-state index < -0.39 is 0 Å². The summed E-state index contributed by atoms with van der Waals surface area (Å²) in [5.41, 5.74) is 3.08. The highest BCUT2D eigenvalue weighted by molar-refractivity contribution is 5.78. The van der Waals surface area contributed by atoms with Crippen LogP contribution in [0.15, 0.2) is 0 Å². The number of aromatic nitrogens is 2. The Balaban J connectivity index is 1.87. The van der Waals surface area contributed by atoms with E-state index in [4.69, 9.17) is 0 Å². The third-order valence-corrected chi connectivity index (χ3v) is 4.17. The Morgan fingerprint density at radius 1 is 1.33 bits per heavy atom. The molecule has 1 fully saturated rings. The maximum Gasteiger partial charge on any atom is 0.234 e. The van der Waals surface area contributed by atoms with E-state index in [1.165, 1.54) is 0 Å². The molecule has 6 nitrogen and oxygen atoms in total. The molecule has 0 aromatic carbocycles. The van der Waals surface area contributed by atoms with Crippen LogP contribution >= 0.6 is 0 Å². The van der Waals surface area contributed by atoms with Gasteiger partial charge < -0.3 is 10.2 Å². The van der Waals surface area contributed by atoms with Gasteiger partial charge in [-0.25, -0.2) is 0 Å². The van der Waals surface area contributed by atoms with Gasteiger partial charge in [-0.1, -0.05) is 0 Å². The Morgan fingerprint density at radius 3 is 2.76 bits per heavy atom. The van der Waals surface area contributed by atoms with Crippen molar-refractivity contribution in [2.75, 3.05) is 39.8 Å². The Bertz CT molecular complexity index is 465. The Morgan fingerprint density at radius 2 is 2.10 bits per heavy atom. The third-order valence-electron chi connectivity index (χ3n) is 4.17. The number of nitrogens with zero attached hydrogens (tertiary/aromatic N) is 3. The average molecular weight is 293 g/mol. The van der Waals surface area contributed by atoms with E-state index in [1.54, 1.807) is 0 Å². The highest BCUT2D eigenvalue weighted by Crippen LogP contribution is 2.18. The van der Waals surface area contributed by atoms with Gasteiger partial charge in [0.15, 0.2) is 0 Å². The van der Waals surface area contributed by atoms with Gasteiger partial charge in [0.2, 0.25) is 5.91 Å². The van der Waals surface area contributed by atoms with Crippen molar-refractivity contribution in [3.05, 3.63) is 17.0 Å². The van der Waals surface area contributed by atoms with Crippen molar-refractivity contribution in [2.45, 2.75) is 33.2 Å². The first kappa shape index (κ1) is 16.0. The lowest BCUT2D eigenvalue weighted by atomic mass is 10.1. The van der Waals surface area contributed by atoms with Gasteiger partial charge in [-0.15, -0.1) is 0 Å². The number of amides is 1. The first-order valence-electron chi connectivity index (χ1n) is 7.69. The lowest BCUT2D eigenvalue weighted by Crippen LogP contribution is -2.40. The number of likely N-dealkylation sites (N-methyl/N-ethyl adjacent to an activating group) is 1. The number of H-pyrrole nitrogens is 1. The zero-order valence-corrected chi connectivity index (χ0v) is 13.6. The van der Waals surface area contributed by atoms with Crippen LogP contribution in [0.25, 0.3) is 0 Å². The van der Waals surface area contributed by atoms with Gasteiger partial charge in [0.05, 0.1) is 18.3 Å². The SMILES string of the molecule is Cc1n[nH]c(C)c1[C@H](C)NC(=O)CN1CCCN(C)CC1. The number of carbonyl (C=O) groups is 1. The van der Waals surface area contributed by atoms with Gasteiger partial charge in [0.1, 0.15) is 0 Å². The van der Waals surface area contributed by atoms with Crippen LogP contribution in [0.3, 0.4) is 0 Å². The fourth-order valence-electron chi connectivity index (χ4n) is 3.02. The van der Waals surface area contributed by atoms with Crippen LogP contribution in [0.4, 0.5) is 0 Å². The van der Waals surface area contributed by atoms with Gasteiger partial charge in [0, 0.05) is 24.3 Å². The van der Waals surface area contributed by atoms with Crippen LogP contribution in [0, 0.1) is 13.8 Å². The van der Waals surface area contributed by atoms with Gasteiger partial charge in [-0.05, 0) is 47.3 Å². The van der Waals surface area contributed by atoms with Gasteiger partial charge >= 0.3 is 0 Å². The van der Waals surface area contributed by atoms with E-state index in [0.29, 0.717) is 6.54 Å². The van der Waals surface area contributed by atoms with Crippen LogP contribution in [-0.2, 0) is 4.79 Å². The topological polar surface area (TPSA) is 64.3 Å². The summed E-state index contributed by atoms with van der Waals surface area (Å²) in [7, 11) is 2.14. The second-order valence-corrected chi connectivity index (χ2v) is 6.07. The first-order valence-corrected chi connectivity index (χ1v) is 7.69. The van der Waals surface area contributed by atoms with Crippen LogP contribution in [0.5, 0.6) is 0 Å². The van der Waals surface area contributed by atoms with Crippen molar-refractivity contribution in [1.29, 1.82) is 0 Å². The minimum absolute atomic E-state index is 0.00842. The van der Waals surface area contributed by atoms with Crippen molar-refractivity contribution in [2.24, 2.45) is 0 Å². The summed E-state index contributed by atoms with van der Waals surface area (Å²) in [5.74, 6) is 0.0899. The fraction of sp³-hybridized carbons (Fsp3) is 0.733. The summed E-state index contributed by atoms with van der Waals surface area (Å²) in [6.07, 6.45) is 1.12. The molecule has 0 saturated carbocycles. The molecule has 1 aliphatic rings. The molecule has 6 heteroatoms. The van der Waals surface area contributed by atoms with E-state index >= 15 is 0 Å². The second-order valence-electron chi connectivity index (χ2n) is 6.07. The number of rotatable bonds is 4. The summed E-state index contributed by atoms with van der Waals surface area (Å²) in [5, 5.41) is 10.2. The molecule has 0 radical (unpaired) electrons. The quantitative estimate of drug-likeness (QED) is 0.863.